The molecule has 5 rings (SSSR count). The highest BCUT2D eigenvalue weighted by atomic mass is 35.5. The molecule has 158 valence electrons. The summed E-state index contributed by atoms with van der Waals surface area (Å²) >= 11 is 5.94. The first-order valence-electron chi connectivity index (χ1n) is 9.83. The fourth-order valence-corrected chi connectivity index (χ4v) is 3.68. The minimum Gasteiger partial charge on any atom is -0.486 e. The first-order valence-corrected chi connectivity index (χ1v) is 10.2. The Morgan fingerprint density at radius 3 is 2.81 bits per heavy atom. The van der Waals surface area contributed by atoms with Crippen LogP contribution in [0.25, 0.3) is 22.0 Å². The smallest absolute Gasteiger partial charge is 0.230 e. The number of nitrogens with one attached hydrogen (secondary N) is 2. The molecule has 1 aliphatic rings. The Labute approximate surface area is 187 Å². The van der Waals surface area contributed by atoms with Crippen LogP contribution in [0.4, 0.5) is 5.82 Å². The largest absolute Gasteiger partial charge is 0.486 e. The van der Waals surface area contributed by atoms with Crippen LogP contribution in [0, 0.1) is 11.3 Å². The van der Waals surface area contributed by atoms with Crippen molar-refractivity contribution in [2.45, 2.75) is 6.42 Å². The van der Waals surface area contributed by atoms with Crippen LogP contribution in [-0.4, -0.2) is 34.3 Å². The summed E-state index contributed by atoms with van der Waals surface area (Å²) in [5.41, 5.74) is 3.43. The lowest BCUT2D eigenvalue weighted by molar-refractivity contribution is -0.115. The van der Waals surface area contributed by atoms with E-state index in [4.69, 9.17) is 21.1 Å². The molecule has 0 fully saturated rings. The fourth-order valence-electron chi connectivity index (χ4n) is 3.53. The number of halogens is 1. The number of pyridine rings is 1. The van der Waals surface area contributed by atoms with E-state index in [2.05, 4.69) is 20.5 Å². The number of aromatic nitrogens is 3. The van der Waals surface area contributed by atoms with Crippen LogP contribution in [0.5, 0.6) is 11.5 Å². The van der Waals surface area contributed by atoms with E-state index in [0.29, 0.717) is 36.1 Å². The number of hydrogen-bond acceptors (Lipinski definition) is 6. The van der Waals surface area contributed by atoms with Gasteiger partial charge in [-0.25, -0.2) is 4.98 Å². The van der Waals surface area contributed by atoms with Gasteiger partial charge in [-0.1, -0.05) is 23.7 Å². The van der Waals surface area contributed by atoms with E-state index >= 15 is 0 Å². The van der Waals surface area contributed by atoms with Gasteiger partial charge in [-0.3, -0.25) is 9.89 Å². The number of carbonyl (C=O) groups is 1. The summed E-state index contributed by atoms with van der Waals surface area (Å²) in [4.78, 5) is 16.7. The summed E-state index contributed by atoms with van der Waals surface area (Å²) in [6.45, 7) is 1.01. The van der Waals surface area contributed by atoms with Crippen molar-refractivity contribution < 1.29 is 14.3 Å². The van der Waals surface area contributed by atoms with Gasteiger partial charge < -0.3 is 14.8 Å². The van der Waals surface area contributed by atoms with Gasteiger partial charge in [0.05, 0.1) is 17.5 Å². The first-order chi connectivity index (χ1) is 15.6. The van der Waals surface area contributed by atoms with Crippen molar-refractivity contribution in [3.05, 3.63) is 64.9 Å². The Bertz CT molecular complexity index is 1390. The second-order valence-corrected chi connectivity index (χ2v) is 7.57. The summed E-state index contributed by atoms with van der Waals surface area (Å²) < 4.78 is 11.1. The van der Waals surface area contributed by atoms with Gasteiger partial charge >= 0.3 is 0 Å². The molecule has 0 radical (unpaired) electrons. The van der Waals surface area contributed by atoms with Gasteiger partial charge in [0, 0.05) is 17.1 Å². The molecular weight excluding hydrogens is 430 g/mol. The van der Waals surface area contributed by atoms with E-state index in [1.807, 2.05) is 42.5 Å². The highest BCUT2D eigenvalue weighted by Gasteiger charge is 2.15. The van der Waals surface area contributed by atoms with E-state index in [0.717, 1.165) is 27.6 Å². The van der Waals surface area contributed by atoms with Crippen molar-refractivity contribution in [1.82, 2.24) is 15.2 Å². The van der Waals surface area contributed by atoms with Gasteiger partial charge in [-0.15, -0.1) is 0 Å². The molecule has 0 aliphatic carbocycles. The standard InChI is InChI=1S/C23H16ClN5O3/c24-22-15(11-25)9-16(12-26-22)14-2-3-18-17(10-14)23(29-28-18)27-21(30)8-13-1-4-19-20(7-13)32-6-5-31-19/h1-4,7,9-10,12H,5-6,8H2,(H2,27,28,29,30). The normalized spacial score (nSPS) is 12.4. The van der Waals surface area contributed by atoms with E-state index in [-0.39, 0.29) is 17.5 Å². The zero-order valence-electron chi connectivity index (χ0n) is 16.7. The number of fused-ring (bicyclic) bond motifs is 2. The van der Waals surface area contributed by atoms with E-state index in [1.54, 1.807) is 12.3 Å². The van der Waals surface area contributed by atoms with Gasteiger partial charge in [0.25, 0.3) is 0 Å². The van der Waals surface area contributed by atoms with Crippen LogP contribution in [0.1, 0.15) is 11.1 Å². The number of ether oxygens (including phenoxy) is 2. The van der Waals surface area contributed by atoms with Crippen molar-refractivity contribution in [2.24, 2.45) is 0 Å². The van der Waals surface area contributed by atoms with Crippen molar-refractivity contribution in [1.29, 1.82) is 5.26 Å². The second-order valence-electron chi connectivity index (χ2n) is 7.21. The van der Waals surface area contributed by atoms with Gasteiger partial charge in [0.1, 0.15) is 24.4 Å². The molecule has 0 bridgehead atoms. The number of nitrogens with zero attached hydrogens (tertiary/aromatic N) is 3. The van der Waals surface area contributed by atoms with Crippen LogP contribution in [0.15, 0.2) is 48.7 Å². The number of amides is 1. The Morgan fingerprint density at radius 1 is 1.12 bits per heavy atom. The summed E-state index contributed by atoms with van der Waals surface area (Å²) in [6.07, 6.45) is 1.77. The number of benzene rings is 2. The van der Waals surface area contributed by atoms with E-state index in [1.165, 1.54) is 0 Å². The maximum absolute atomic E-state index is 12.7. The third kappa shape index (κ3) is 3.82. The van der Waals surface area contributed by atoms with Crippen molar-refractivity contribution in [3.63, 3.8) is 0 Å². The Hall–Kier alpha value is -4.09. The number of nitriles is 1. The van der Waals surface area contributed by atoms with E-state index in [9.17, 15) is 10.1 Å². The molecule has 1 amide bonds. The molecule has 8 nitrogen and oxygen atoms in total. The van der Waals surface area contributed by atoms with Gasteiger partial charge in [0.2, 0.25) is 5.91 Å². The average Bonchev–Trinajstić information content (AvgIpc) is 3.21. The zero-order chi connectivity index (χ0) is 22.1. The molecule has 3 heterocycles. The molecular formula is C23H16ClN5O3. The summed E-state index contributed by atoms with van der Waals surface area (Å²) in [6, 6.07) is 14.8. The Balaban J connectivity index is 1.38. The lowest BCUT2D eigenvalue weighted by atomic mass is 10.0. The molecule has 0 atom stereocenters. The molecule has 0 spiro atoms. The maximum Gasteiger partial charge on any atom is 0.230 e. The van der Waals surface area contributed by atoms with Crippen molar-refractivity contribution in [3.8, 4) is 28.7 Å². The number of rotatable bonds is 4. The SMILES string of the molecule is N#Cc1cc(-c2ccc3[nH]nc(NC(=O)Cc4ccc5c(c4)OCCO5)c3c2)cnc1Cl. The monoisotopic (exact) mass is 445 g/mol. The molecule has 2 N–H and O–H groups in total. The zero-order valence-corrected chi connectivity index (χ0v) is 17.4. The number of anilines is 1. The third-order valence-corrected chi connectivity index (χ3v) is 5.39. The fraction of sp³-hybridized carbons (Fsp3) is 0.130. The van der Waals surface area contributed by atoms with Crippen molar-refractivity contribution >= 4 is 34.2 Å². The van der Waals surface area contributed by atoms with Crippen LogP contribution in [-0.2, 0) is 11.2 Å². The lowest BCUT2D eigenvalue weighted by Crippen LogP contribution is -2.17. The first kappa shape index (κ1) is 19.8. The molecule has 0 saturated heterocycles. The minimum atomic E-state index is -0.208. The summed E-state index contributed by atoms with van der Waals surface area (Å²) in [7, 11) is 0. The Morgan fingerprint density at radius 2 is 1.97 bits per heavy atom. The molecule has 1 aliphatic heterocycles. The second kappa shape index (κ2) is 8.21. The maximum atomic E-state index is 12.7. The number of hydrogen-bond donors (Lipinski definition) is 2. The predicted molar refractivity (Wildman–Crippen MR) is 119 cm³/mol. The highest BCUT2D eigenvalue weighted by molar-refractivity contribution is 6.30. The average molecular weight is 446 g/mol. The van der Waals surface area contributed by atoms with Gasteiger partial charge in [-0.2, -0.15) is 10.4 Å². The highest BCUT2D eigenvalue weighted by Crippen LogP contribution is 2.31. The third-order valence-electron chi connectivity index (χ3n) is 5.08. The molecule has 4 aromatic rings. The van der Waals surface area contributed by atoms with Crippen LogP contribution in [0.3, 0.4) is 0 Å². The molecule has 32 heavy (non-hydrogen) atoms. The molecule has 2 aromatic carbocycles. The summed E-state index contributed by atoms with van der Waals surface area (Å²) in [5.74, 6) is 1.54. The number of aromatic amines is 1. The van der Waals surface area contributed by atoms with Gasteiger partial charge in [-0.05, 0) is 41.5 Å². The van der Waals surface area contributed by atoms with Gasteiger partial charge in [0.15, 0.2) is 17.3 Å². The summed E-state index contributed by atoms with van der Waals surface area (Å²) in [5, 5.41) is 20.1. The predicted octanol–water partition coefficient (Wildman–Crippen LogP) is 4.10. The molecule has 0 saturated carbocycles. The van der Waals surface area contributed by atoms with E-state index < -0.39 is 0 Å². The molecule has 9 heteroatoms. The minimum absolute atomic E-state index is 0.160. The van der Waals surface area contributed by atoms with Crippen LogP contribution >= 0.6 is 11.6 Å². The topological polar surface area (TPSA) is 113 Å². The van der Waals surface area contributed by atoms with Crippen molar-refractivity contribution in [2.75, 3.05) is 18.5 Å². The van der Waals surface area contributed by atoms with Crippen LogP contribution in [0.2, 0.25) is 5.15 Å². The quantitative estimate of drug-likeness (QED) is 0.457. The van der Waals surface area contributed by atoms with Crippen LogP contribution < -0.4 is 14.8 Å². The number of carbonyl (C=O) groups excluding carboxylic acids is 1. The molecule has 0 unspecified atom stereocenters. The molecule has 2 aromatic heterocycles. The number of H-pyrrole nitrogens is 1. The Kier molecular flexibility index (Phi) is 5.09. The lowest BCUT2D eigenvalue weighted by Gasteiger charge is -2.18.